The van der Waals surface area contributed by atoms with Crippen LogP contribution in [-0.4, -0.2) is 25.3 Å². The van der Waals surface area contributed by atoms with Crippen molar-refractivity contribution < 1.29 is 9.53 Å². The van der Waals surface area contributed by atoms with Gasteiger partial charge < -0.3 is 10.1 Å². The minimum absolute atomic E-state index is 0.0240. The van der Waals surface area contributed by atoms with Crippen molar-refractivity contribution in [1.29, 1.82) is 5.26 Å². The second-order valence-corrected chi connectivity index (χ2v) is 7.91. The maximum absolute atomic E-state index is 12.5. The molecule has 148 valence electrons. The van der Waals surface area contributed by atoms with Crippen molar-refractivity contribution in [3.63, 3.8) is 0 Å². The molecule has 1 N–H and O–H groups in total. The Hall–Kier alpha value is -2.97. The number of thioether (sulfide) groups is 1. The average molecular weight is 405 g/mol. The number of benzene rings is 3. The Morgan fingerprint density at radius 3 is 2.69 bits per heavy atom. The monoisotopic (exact) mass is 404 g/mol. The van der Waals surface area contributed by atoms with E-state index in [1.165, 1.54) is 0 Å². The molecule has 0 radical (unpaired) electrons. The number of fused-ring (bicyclic) bond motifs is 1. The molecular formula is C24H24N2O2S. The lowest BCUT2D eigenvalue weighted by Gasteiger charge is -2.14. The third kappa shape index (κ3) is 5.30. The topological polar surface area (TPSA) is 62.1 Å². The highest BCUT2D eigenvalue weighted by molar-refractivity contribution is 7.98. The van der Waals surface area contributed by atoms with Crippen molar-refractivity contribution in [2.24, 2.45) is 0 Å². The second kappa shape index (κ2) is 9.99. The number of nitrogens with zero attached hydrogens (tertiary/aromatic N) is 1. The Balaban J connectivity index is 1.50. The van der Waals surface area contributed by atoms with Crippen LogP contribution < -0.4 is 10.1 Å². The third-order valence-electron chi connectivity index (χ3n) is 4.91. The van der Waals surface area contributed by atoms with E-state index in [1.54, 1.807) is 18.9 Å². The summed E-state index contributed by atoms with van der Waals surface area (Å²) in [7, 11) is 1.66. The molecule has 1 atom stereocenters. The quantitative estimate of drug-likeness (QED) is 0.544. The lowest BCUT2D eigenvalue weighted by Crippen LogP contribution is -2.29. The molecule has 0 saturated heterocycles. The number of nitriles is 1. The molecule has 0 unspecified atom stereocenters. The van der Waals surface area contributed by atoms with Crippen molar-refractivity contribution in [3.05, 3.63) is 77.4 Å². The Bertz CT molecular complexity index is 1040. The summed E-state index contributed by atoms with van der Waals surface area (Å²) in [6.07, 6.45) is 0. The summed E-state index contributed by atoms with van der Waals surface area (Å²) in [5, 5.41) is 14.3. The van der Waals surface area contributed by atoms with E-state index in [1.807, 2.05) is 61.5 Å². The third-order valence-corrected chi connectivity index (χ3v) is 5.91. The van der Waals surface area contributed by atoms with Crippen LogP contribution in [0.5, 0.6) is 5.75 Å². The molecule has 3 aromatic rings. The van der Waals surface area contributed by atoms with Gasteiger partial charge in [-0.05, 0) is 47.0 Å². The summed E-state index contributed by atoms with van der Waals surface area (Å²) in [4.78, 5) is 12.5. The molecule has 0 heterocycles. The van der Waals surface area contributed by atoms with Gasteiger partial charge in [0.25, 0.3) is 0 Å². The fraction of sp³-hybridized carbons (Fsp3) is 0.250. The van der Waals surface area contributed by atoms with Crippen LogP contribution in [0.1, 0.15) is 29.5 Å². The van der Waals surface area contributed by atoms with Gasteiger partial charge in [0.2, 0.25) is 5.91 Å². The Morgan fingerprint density at radius 1 is 1.14 bits per heavy atom. The molecule has 3 aromatic carbocycles. The molecule has 29 heavy (non-hydrogen) atoms. The normalized spacial score (nSPS) is 11.6. The molecule has 0 saturated carbocycles. The molecule has 3 rings (SSSR count). The summed E-state index contributed by atoms with van der Waals surface area (Å²) in [5.74, 6) is 2.20. The number of rotatable bonds is 8. The maximum Gasteiger partial charge on any atom is 0.227 e. The SMILES string of the molecule is COc1ccc2cc([C@H](C)C(=O)NCCSCc3ccccc3C#N)ccc2c1. The van der Waals surface area contributed by atoms with Crippen LogP contribution >= 0.6 is 11.8 Å². The molecule has 4 nitrogen and oxygen atoms in total. The van der Waals surface area contributed by atoms with Gasteiger partial charge in [-0.3, -0.25) is 4.79 Å². The average Bonchev–Trinajstić information content (AvgIpc) is 2.77. The minimum atomic E-state index is -0.217. The standard InChI is InChI=1S/C24H24N2O2S/c1-17(18-7-8-20-14-23(28-2)10-9-19(20)13-18)24(27)26-11-12-29-16-22-6-4-3-5-21(22)15-25/h3-10,13-14,17H,11-12,16H2,1-2H3,(H,26,27)/t17-/m0/s1. The first-order valence-electron chi connectivity index (χ1n) is 9.53. The molecule has 1 amide bonds. The lowest BCUT2D eigenvalue weighted by molar-refractivity contribution is -0.122. The zero-order valence-electron chi connectivity index (χ0n) is 16.6. The van der Waals surface area contributed by atoms with Crippen LogP contribution in [0.3, 0.4) is 0 Å². The predicted molar refractivity (Wildman–Crippen MR) is 119 cm³/mol. The molecule has 0 fully saturated rings. The van der Waals surface area contributed by atoms with Crippen LogP contribution in [0.15, 0.2) is 60.7 Å². The van der Waals surface area contributed by atoms with Gasteiger partial charge in [-0.15, -0.1) is 0 Å². The van der Waals surface area contributed by atoms with E-state index in [2.05, 4.69) is 17.5 Å². The first-order valence-corrected chi connectivity index (χ1v) is 10.7. The summed E-state index contributed by atoms with van der Waals surface area (Å²) < 4.78 is 5.26. The number of carbonyl (C=O) groups excluding carboxylic acids is 1. The first-order chi connectivity index (χ1) is 14.1. The van der Waals surface area contributed by atoms with Crippen LogP contribution in [0.4, 0.5) is 0 Å². The summed E-state index contributed by atoms with van der Waals surface area (Å²) in [5.41, 5.74) is 2.75. The van der Waals surface area contributed by atoms with Gasteiger partial charge >= 0.3 is 0 Å². The summed E-state index contributed by atoms with van der Waals surface area (Å²) in [6, 6.07) is 21.9. The van der Waals surface area contributed by atoms with Crippen molar-refractivity contribution in [1.82, 2.24) is 5.32 Å². The first kappa shape index (κ1) is 20.8. The molecule has 0 spiro atoms. The van der Waals surface area contributed by atoms with Crippen molar-refractivity contribution >= 4 is 28.4 Å². The van der Waals surface area contributed by atoms with E-state index in [9.17, 15) is 4.79 Å². The number of carbonyl (C=O) groups is 1. The van der Waals surface area contributed by atoms with E-state index in [-0.39, 0.29) is 11.8 Å². The summed E-state index contributed by atoms with van der Waals surface area (Å²) >= 11 is 1.71. The van der Waals surface area contributed by atoms with Crippen molar-refractivity contribution in [2.75, 3.05) is 19.4 Å². The Labute approximate surface area is 175 Å². The predicted octanol–water partition coefficient (Wildman–Crippen LogP) is 4.87. The fourth-order valence-corrected chi connectivity index (χ4v) is 3.99. The summed E-state index contributed by atoms with van der Waals surface area (Å²) in [6.45, 7) is 2.53. The Morgan fingerprint density at radius 2 is 1.90 bits per heavy atom. The van der Waals surface area contributed by atoms with Gasteiger partial charge in [-0.25, -0.2) is 0 Å². The van der Waals surface area contributed by atoms with Gasteiger partial charge in [0.15, 0.2) is 0 Å². The smallest absolute Gasteiger partial charge is 0.227 e. The zero-order chi connectivity index (χ0) is 20.6. The largest absolute Gasteiger partial charge is 0.497 e. The molecule has 5 heteroatoms. The van der Waals surface area contributed by atoms with E-state index in [4.69, 9.17) is 10.00 Å². The van der Waals surface area contributed by atoms with Crippen LogP contribution in [0.25, 0.3) is 10.8 Å². The van der Waals surface area contributed by atoms with Crippen LogP contribution in [-0.2, 0) is 10.5 Å². The molecule has 0 bridgehead atoms. The molecular weight excluding hydrogens is 380 g/mol. The number of hydrogen-bond acceptors (Lipinski definition) is 4. The van der Waals surface area contributed by atoms with E-state index >= 15 is 0 Å². The van der Waals surface area contributed by atoms with E-state index < -0.39 is 0 Å². The number of methoxy groups -OCH3 is 1. The highest BCUT2D eigenvalue weighted by Crippen LogP contribution is 2.25. The van der Waals surface area contributed by atoms with Crippen molar-refractivity contribution in [3.8, 4) is 11.8 Å². The Kier molecular flexibility index (Phi) is 7.15. The van der Waals surface area contributed by atoms with Gasteiger partial charge in [-0.1, -0.05) is 42.5 Å². The van der Waals surface area contributed by atoms with Crippen LogP contribution in [0.2, 0.25) is 0 Å². The zero-order valence-corrected chi connectivity index (χ0v) is 17.5. The second-order valence-electron chi connectivity index (χ2n) is 6.81. The number of ether oxygens (including phenoxy) is 1. The van der Waals surface area contributed by atoms with E-state index in [0.29, 0.717) is 12.1 Å². The number of amides is 1. The van der Waals surface area contributed by atoms with Gasteiger partial charge in [0.05, 0.1) is 24.7 Å². The van der Waals surface area contributed by atoms with Crippen LogP contribution in [0, 0.1) is 11.3 Å². The highest BCUT2D eigenvalue weighted by atomic mass is 32.2. The molecule has 0 aliphatic heterocycles. The minimum Gasteiger partial charge on any atom is -0.497 e. The molecule has 0 aliphatic rings. The van der Waals surface area contributed by atoms with E-state index in [0.717, 1.165) is 39.2 Å². The highest BCUT2D eigenvalue weighted by Gasteiger charge is 2.15. The maximum atomic E-state index is 12.5. The number of hydrogen-bond donors (Lipinski definition) is 1. The molecule has 0 aliphatic carbocycles. The van der Waals surface area contributed by atoms with Gasteiger partial charge in [0.1, 0.15) is 5.75 Å². The fourth-order valence-electron chi connectivity index (χ4n) is 3.13. The van der Waals surface area contributed by atoms with Gasteiger partial charge in [0, 0.05) is 18.1 Å². The van der Waals surface area contributed by atoms with Gasteiger partial charge in [-0.2, -0.15) is 17.0 Å². The molecule has 0 aromatic heterocycles. The lowest BCUT2D eigenvalue weighted by atomic mass is 9.97. The van der Waals surface area contributed by atoms with Crippen molar-refractivity contribution in [2.45, 2.75) is 18.6 Å². The number of nitrogens with one attached hydrogen (secondary N) is 1.